The lowest BCUT2D eigenvalue weighted by molar-refractivity contribution is -0.123. The topological polar surface area (TPSA) is 96.5 Å². The first-order valence-electron chi connectivity index (χ1n) is 9.28. The first-order valence-corrected chi connectivity index (χ1v) is 9.28. The number of anilines is 2. The average Bonchev–Trinajstić information content (AvgIpc) is 2.62. The Bertz CT molecular complexity index is 917. The summed E-state index contributed by atoms with van der Waals surface area (Å²) in [6, 6.07) is 12.1. The molecule has 0 aliphatic heterocycles. The van der Waals surface area contributed by atoms with Crippen LogP contribution in [0.15, 0.2) is 42.5 Å². The average molecular weight is 397 g/mol. The van der Waals surface area contributed by atoms with E-state index < -0.39 is 30.1 Å². The van der Waals surface area contributed by atoms with Crippen LogP contribution >= 0.6 is 0 Å². The molecule has 2 aromatic rings. The van der Waals surface area contributed by atoms with Gasteiger partial charge in [0, 0.05) is 11.2 Å². The zero-order valence-electron chi connectivity index (χ0n) is 17.4. The Morgan fingerprint density at radius 1 is 0.931 bits per heavy atom. The molecule has 0 fully saturated rings. The molecule has 0 saturated carbocycles. The molecular formula is C22H27N3O4. The van der Waals surface area contributed by atoms with Gasteiger partial charge in [0.05, 0.1) is 11.3 Å². The van der Waals surface area contributed by atoms with Gasteiger partial charge in [-0.2, -0.15) is 0 Å². The number of carbonyl (C=O) groups excluding carboxylic acids is 3. The van der Waals surface area contributed by atoms with Crippen molar-refractivity contribution in [2.45, 2.75) is 40.2 Å². The fraction of sp³-hybridized carbons (Fsp3) is 0.318. The van der Waals surface area contributed by atoms with Gasteiger partial charge in [0.15, 0.2) is 6.61 Å². The Labute approximate surface area is 170 Å². The van der Waals surface area contributed by atoms with E-state index in [2.05, 4.69) is 16.0 Å². The molecule has 7 nitrogen and oxygen atoms in total. The molecule has 0 saturated heterocycles. The number of para-hydroxylation sites is 1. The Morgan fingerprint density at radius 3 is 2.28 bits per heavy atom. The molecule has 0 aromatic heterocycles. The lowest BCUT2D eigenvalue weighted by Crippen LogP contribution is -2.49. The minimum Gasteiger partial charge on any atom is -0.452 e. The number of aryl methyl sites for hydroxylation is 1. The second-order valence-electron chi connectivity index (χ2n) is 7.75. The fourth-order valence-electron chi connectivity index (χ4n) is 2.55. The summed E-state index contributed by atoms with van der Waals surface area (Å²) in [7, 11) is 0. The maximum Gasteiger partial charge on any atom is 0.340 e. The summed E-state index contributed by atoms with van der Waals surface area (Å²) >= 11 is 0. The van der Waals surface area contributed by atoms with Crippen LogP contribution in [0, 0.1) is 13.8 Å². The molecule has 3 amide bonds. The molecule has 2 rings (SSSR count). The van der Waals surface area contributed by atoms with E-state index in [0.717, 1.165) is 16.8 Å². The number of ether oxygens (including phenoxy) is 1. The van der Waals surface area contributed by atoms with Crippen LogP contribution in [0.25, 0.3) is 0 Å². The zero-order chi connectivity index (χ0) is 21.6. The van der Waals surface area contributed by atoms with E-state index in [1.165, 1.54) is 0 Å². The summed E-state index contributed by atoms with van der Waals surface area (Å²) in [5.41, 5.74) is 3.44. The molecule has 0 aliphatic rings. The molecule has 154 valence electrons. The largest absolute Gasteiger partial charge is 0.452 e. The highest BCUT2D eigenvalue weighted by Gasteiger charge is 2.18. The van der Waals surface area contributed by atoms with Crippen molar-refractivity contribution in [3.63, 3.8) is 0 Å². The number of esters is 1. The minimum absolute atomic E-state index is 0.292. The highest BCUT2D eigenvalue weighted by atomic mass is 16.5. The molecule has 0 spiro atoms. The van der Waals surface area contributed by atoms with Crippen molar-refractivity contribution >= 4 is 29.3 Å². The summed E-state index contributed by atoms with van der Waals surface area (Å²) in [5, 5.41) is 7.97. The van der Waals surface area contributed by atoms with Crippen LogP contribution in [0.2, 0.25) is 0 Å². The van der Waals surface area contributed by atoms with Crippen LogP contribution in [0.1, 0.15) is 42.3 Å². The predicted molar refractivity (Wildman–Crippen MR) is 112 cm³/mol. The Hall–Kier alpha value is -3.35. The second kappa shape index (κ2) is 9.23. The van der Waals surface area contributed by atoms with E-state index in [4.69, 9.17) is 4.74 Å². The summed E-state index contributed by atoms with van der Waals surface area (Å²) in [5.74, 6) is -1.37. The fourth-order valence-corrected chi connectivity index (χ4v) is 2.55. The summed E-state index contributed by atoms with van der Waals surface area (Å²) in [6.45, 7) is 8.81. The molecule has 29 heavy (non-hydrogen) atoms. The molecular weight excluding hydrogens is 370 g/mol. The van der Waals surface area contributed by atoms with Crippen molar-refractivity contribution in [3.05, 3.63) is 59.2 Å². The lowest BCUT2D eigenvalue weighted by Gasteiger charge is -2.20. The van der Waals surface area contributed by atoms with Crippen molar-refractivity contribution < 1.29 is 19.1 Å². The van der Waals surface area contributed by atoms with Crippen LogP contribution in [0.3, 0.4) is 0 Å². The van der Waals surface area contributed by atoms with Crippen LogP contribution < -0.4 is 16.0 Å². The SMILES string of the molecule is Cc1cccc(Nc2ccccc2C(=O)OCC(=O)NC(=O)NC(C)(C)C)c1C. The number of rotatable bonds is 5. The van der Waals surface area contributed by atoms with E-state index in [-0.39, 0.29) is 0 Å². The zero-order valence-corrected chi connectivity index (χ0v) is 17.4. The quantitative estimate of drug-likeness (QED) is 0.667. The van der Waals surface area contributed by atoms with Crippen molar-refractivity contribution in [1.29, 1.82) is 0 Å². The van der Waals surface area contributed by atoms with Gasteiger partial charge >= 0.3 is 12.0 Å². The Balaban J connectivity index is 2.02. The molecule has 3 N–H and O–H groups in total. The summed E-state index contributed by atoms with van der Waals surface area (Å²) < 4.78 is 5.08. The van der Waals surface area contributed by atoms with Gasteiger partial charge in [-0.1, -0.05) is 24.3 Å². The number of hydrogen-bond acceptors (Lipinski definition) is 5. The molecule has 0 unspecified atom stereocenters. The number of amides is 3. The molecule has 0 atom stereocenters. The predicted octanol–water partition coefficient (Wildman–Crippen LogP) is 3.83. The third-order valence-electron chi connectivity index (χ3n) is 4.10. The number of imide groups is 1. The third kappa shape index (κ3) is 6.64. The highest BCUT2D eigenvalue weighted by Crippen LogP contribution is 2.25. The smallest absolute Gasteiger partial charge is 0.340 e. The van der Waals surface area contributed by atoms with E-state index in [1.54, 1.807) is 45.0 Å². The summed E-state index contributed by atoms with van der Waals surface area (Å²) in [6.07, 6.45) is 0. The van der Waals surface area contributed by atoms with Gasteiger partial charge in [-0.3, -0.25) is 10.1 Å². The minimum atomic E-state index is -0.708. The van der Waals surface area contributed by atoms with Crippen LogP contribution in [0.4, 0.5) is 16.2 Å². The van der Waals surface area contributed by atoms with Crippen LogP contribution in [-0.4, -0.2) is 30.1 Å². The van der Waals surface area contributed by atoms with Gasteiger partial charge in [0.2, 0.25) is 0 Å². The van der Waals surface area contributed by atoms with Crippen molar-refractivity contribution in [3.8, 4) is 0 Å². The van der Waals surface area contributed by atoms with Gasteiger partial charge < -0.3 is 15.4 Å². The van der Waals surface area contributed by atoms with E-state index in [9.17, 15) is 14.4 Å². The normalized spacial score (nSPS) is 10.8. The first-order chi connectivity index (χ1) is 13.6. The molecule has 0 heterocycles. The van der Waals surface area contributed by atoms with Gasteiger partial charge in [-0.25, -0.2) is 9.59 Å². The molecule has 0 radical (unpaired) electrons. The molecule has 7 heteroatoms. The van der Waals surface area contributed by atoms with Crippen molar-refractivity contribution in [2.24, 2.45) is 0 Å². The van der Waals surface area contributed by atoms with E-state index >= 15 is 0 Å². The van der Waals surface area contributed by atoms with E-state index in [0.29, 0.717) is 11.3 Å². The second-order valence-corrected chi connectivity index (χ2v) is 7.75. The monoisotopic (exact) mass is 397 g/mol. The Kier molecular flexibility index (Phi) is 6.98. The van der Waals surface area contributed by atoms with Crippen LogP contribution in [-0.2, 0) is 9.53 Å². The number of nitrogens with one attached hydrogen (secondary N) is 3. The van der Waals surface area contributed by atoms with Gasteiger partial charge in [0.1, 0.15) is 0 Å². The maximum absolute atomic E-state index is 12.5. The number of urea groups is 1. The lowest BCUT2D eigenvalue weighted by atomic mass is 10.1. The molecule has 2 aromatic carbocycles. The van der Waals surface area contributed by atoms with Gasteiger partial charge in [0.25, 0.3) is 5.91 Å². The van der Waals surface area contributed by atoms with Gasteiger partial charge in [-0.05, 0) is 63.9 Å². The number of benzene rings is 2. The van der Waals surface area contributed by atoms with Crippen molar-refractivity contribution in [1.82, 2.24) is 10.6 Å². The maximum atomic E-state index is 12.5. The number of carbonyl (C=O) groups is 3. The highest BCUT2D eigenvalue weighted by molar-refractivity contribution is 5.99. The van der Waals surface area contributed by atoms with E-state index in [1.807, 2.05) is 32.0 Å². The molecule has 0 aliphatic carbocycles. The van der Waals surface area contributed by atoms with Crippen LogP contribution in [0.5, 0.6) is 0 Å². The standard InChI is InChI=1S/C22H27N3O4/c1-14-9-8-12-17(15(14)2)23-18-11-7-6-10-16(18)20(27)29-13-19(26)24-21(28)25-22(3,4)5/h6-12,23H,13H2,1-5H3,(H2,24,25,26,28). The molecule has 0 bridgehead atoms. The van der Waals surface area contributed by atoms with Crippen molar-refractivity contribution in [2.75, 3.05) is 11.9 Å². The first kappa shape index (κ1) is 21.9. The van der Waals surface area contributed by atoms with Gasteiger partial charge in [-0.15, -0.1) is 0 Å². The summed E-state index contributed by atoms with van der Waals surface area (Å²) in [4.78, 5) is 36.1. The third-order valence-corrected chi connectivity index (χ3v) is 4.10. The number of hydrogen-bond donors (Lipinski definition) is 3. The Morgan fingerprint density at radius 2 is 1.59 bits per heavy atom.